The third-order valence-corrected chi connectivity index (χ3v) is 7.32. The molecule has 0 aromatic heterocycles. The number of methoxy groups -OCH3 is 1. The van der Waals surface area contributed by atoms with Gasteiger partial charge in [-0.1, -0.05) is 24.3 Å². The van der Waals surface area contributed by atoms with Gasteiger partial charge in [0, 0.05) is 49.2 Å². The van der Waals surface area contributed by atoms with Gasteiger partial charge in [-0.25, -0.2) is 0 Å². The summed E-state index contributed by atoms with van der Waals surface area (Å²) in [6.07, 6.45) is 1.43. The van der Waals surface area contributed by atoms with Crippen molar-refractivity contribution < 1.29 is 39.9 Å². The van der Waals surface area contributed by atoms with Gasteiger partial charge in [0.15, 0.2) is 5.78 Å². The SMILES string of the molecule is COc1cccc2c1C(=O)c1c(O)c3c(c(O)c1C2=O)C[C@@](O)(C(O)CN1CC=CCC1)C[C@@H]3O. The summed E-state index contributed by atoms with van der Waals surface area (Å²) in [5, 5.41) is 55.4. The van der Waals surface area contributed by atoms with Gasteiger partial charge in [0.05, 0.1) is 41.6 Å². The Labute approximate surface area is 201 Å². The molecule has 5 N–H and O–H groups in total. The molecule has 1 heterocycles. The summed E-state index contributed by atoms with van der Waals surface area (Å²) in [5.74, 6) is -2.46. The molecule has 0 bridgehead atoms. The number of phenolic OH excluding ortho intramolecular Hbond substituents is 2. The summed E-state index contributed by atoms with van der Waals surface area (Å²) in [5.41, 5.74) is -2.83. The van der Waals surface area contributed by atoms with Crippen LogP contribution in [0.3, 0.4) is 0 Å². The largest absolute Gasteiger partial charge is 0.507 e. The number of benzene rings is 2. The van der Waals surface area contributed by atoms with Crippen LogP contribution in [0.1, 0.15) is 61.9 Å². The number of fused-ring (bicyclic) bond motifs is 3. The Morgan fingerprint density at radius 2 is 1.86 bits per heavy atom. The zero-order valence-electron chi connectivity index (χ0n) is 19.2. The smallest absolute Gasteiger partial charge is 0.202 e. The number of ether oxygens (including phenoxy) is 1. The third-order valence-electron chi connectivity index (χ3n) is 7.32. The summed E-state index contributed by atoms with van der Waals surface area (Å²) in [6.45, 7) is 1.47. The van der Waals surface area contributed by atoms with Crippen LogP contribution >= 0.6 is 0 Å². The van der Waals surface area contributed by atoms with E-state index >= 15 is 0 Å². The highest BCUT2D eigenvalue weighted by molar-refractivity contribution is 6.31. The molecule has 2 aromatic carbocycles. The molecule has 0 spiro atoms. The number of hydrogen-bond donors (Lipinski definition) is 5. The van der Waals surface area contributed by atoms with Gasteiger partial charge in [-0.2, -0.15) is 0 Å². The van der Waals surface area contributed by atoms with Crippen molar-refractivity contribution in [3.63, 3.8) is 0 Å². The molecule has 0 fully saturated rings. The Morgan fingerprint density at radius 1 is 1.11 bits per heavy atom. The predicted octanol–water partition coefficient (Wildman–Crippen LogP) is 1.22. The van der Waals surface area contributed by atoms with Crippen LogP contribution in [0.15, 0.2) is 30.4 Å². The number of β-amino-alcohol motifs (C(OH)–C–C–N with tert-alkyl or cyclic N) is 1. The Morgan fingerprint density at radius 3 is 2.54 bits per heavy atom. The van der Waals surface area contributed by atoms with Gasteiger partial charge in [0.25, 0.3) is 0 Å². The summed E-state index contributed by atoms with van der Waals surface area (Å²) in [4.78, 5) is 28.7. The molecule has 9 heteroatoms. The van der Waals surface area contributed by atoms with Gasteiger partial charge in [-0.05, 0) is 12.5 Å². The number of ketones is 2. The molecule has 2 aromatic rings. The molecule has 0 saturated carbocycles. The zero-order chi connectivity index (χ0) is 25.1. The van der Waals surface area contributed by atoms with Crippen LogP contribution in [0.5, 0.6) is 17.2 Å². The first-order chi connectivity index (χ1) is 16.7. The molecular weight excluding hydrogens is 454 g/mol. The number of carbonyl (C=O) groups is 2. The second-order valence-electron chi connectivity index (χ2n) is 9.42. The molecule has 9 nitrogen and oxygen atoms in total. The van der Waals surface area contributed by atoms with Crippen LogP contribution in [0.2, 0.25) is 0 Å². The summed E-state index contributed by atoms with van der Waals surface area (Å²) in [7, 11) is 1.35. The summed E-state index contributed by atoms with van der Waals surface area (Å²) in [6, 6.07) is 4.48. The van der Waals surface area contributed by atoms with Crippen LogP contribution in [0, 0.1) is 0 Å². The lowest BCUT2D eigenvalue weighted by molar-refractivity contribution is -0.115. The maximum Gasteiger partial charge on any atom is 0.202 e. The van der Waals surface area contributed by atoms with Gasteiger partial charge in [0.1, 0.15) is 17.2 Å². The number of aliphatic hydroxyl groups is 3. The molecule has 0 radical (unpaired) electrons. The molecular formula is C26H27NO8. The standard InChI is InChI=1S/C26H27NO8/c1-35-16-7-5-6-13-19(16)25(33)21-20(22(13)30)23(31)14-10-26(34,11-15(28)18(14)24(21)32)17(29)12-27-8-3-2-4-9-27/h2-3,5-7,15,17,28-29,31-32,34H,4,8-12H2,1H3/t15-,17?,26-/m0/s1. The normalized spacial score (nSPS) is 24.5. The van der Waals surface area contributed by atoms with Crippen molar-refractivity contribution in [3.8, 4) is 17.2 Å². The minimum Gasteiger partial charge on any atom is -0.507 e. The molecule has 3 atom stereocenters. The highest BCUT2D eigenvalue weighted by atomic mass is 16.5. The molecule has 3 aliphatic rings. The second kappa shape index (κ2) is 8.46. The first-order valence-electron chi connectivity index (χ1n) is 11.5. The van der Waals surface area contributed by atoms with Crippen molar-refractivity contribution >= 4 is 11.6 Å². The van der Waals surface area contributed by atoms with Gasteiger partial charge < -0.3 is 30.3 Å². The van der Waals surface area contributed by atoms with Crippen LogP contribution in [0.4, 0.5) is 0 Å². The molecule has 2 aliphatic carbocycles. The van der Waals surface area contributed by atoms with Crippen LogP contribution in [-0.4, -0.2) is 80.4 Å². The van der Waals surface area contributed by atoms with Crippen LogP contribution < -0.4 is 4.74 Å². The maximum atomic E-state index is 13.4. The van der Waals surface area contributed by atoms with E-state index in [9.17, 15) is 35.1 Å². The average Bonchev–Trinajstić information content (AvgIpc) is 2.84. The Hall–Kier alpha value is -3.24. The minimum atomic E-state index is -1.82. The lowest BCUT2D eigenvalue weighted by atomic mass is 9.71. The van der Waals surface area contributed by atoms with Crippen molar-refractivity contribution in [2.45, 2.75) is 37.1 Å². The summed E-state index contributed by atoms with van der Waals surface area (Å²) >= 11 is 0. The maximum absolute atomic E-state index is 13.4. The molecule has 1 aliphatic heterocycles. The number of hydrogen-bond acceptors (Lipinski definition) is 9. The third kappa shape index (κ3) is 3.54. The average molecular weight is 482 g/mol. The monoisotopic (exact) mass is 481 g/mol. The molecule has 184 valence electrons. The first-order valence-corrected chi connectivity index (χ1v) is 11.5. The highest BCUT2D eigenvalue weighted by Gasteiger charge is 2.48. The van der Waals surface area contributed by atoms with E-state index in [1.807, 2.05) is 17.1 Å². The van der Waals surface area contributed by atoms with E-state index in [0.29, 0.717) is 13.1 Å². The fraction of sp³-hybridized carbons (Fsp3) is 0.385. The topological polar surface area (TPSA) is 148 Å². The number of aliphatic hydroxyl groups excluding tert-OH is 2. The van der Waals surface area contributed by atoms with Crippen molar-refractivity contribution in [1.29, 1.82) is 0 Å². The Kier molecular flexibility index (Phi) is 5.68. The minimum absolute atomic E-state index is 0.0151. The Balaban J connectivity index is 1.59. The van der Waals surface area contributed by atoms with Gasteiger partial charge in [-0.3, -0.25) is 14.5 Å². The fourth-order valence-corrected chi connectivity index (χ4v) is 5.50. The van der Waals surface area contributed by atoms with Gasteiger partial charge in [-0.15, -0.1) is 0 Å². The zero-order valence-corrected chi connectivity index (χ0v) is 19.2. The summed E-state index contributed by atoms with van der Waals surface area (Å²) < 4.78 is 5.23. The van der Waals surface area contributed by atoms with E-state index in [1.165, 1.54) is 25.3 Å². The number of nitrogens with zero attached hydrogens (tertiary/aromatic N) is 1. The van der Waals surface area contributed by atoms with Crippen molar-refractivity contribution in [2.75, 3.05) is 26.7 Å². The highest BCUT2D eigenvalue weighted by Crippen LogP contribution is 2.51. The molecule has 1 unspecified atom stereocenters. The molecule has 5 rings (SSSR count). The second-order valence-corrected chi connectivity index (χ2v) is 9.42. The number of rotatable bonds is 4. The van der Waals surface area contributed by atoms with Crippen LogP contribution in [0.25, 0.3) is 0 Å². The molecule has 35 heavy (non-hydrogen) atoms. The molecule has 0 saturated heterocycles. The van der Waals surface area contributed by atoms with Crippen molar-refractivity contribution in [2.24, 2.45) is 0 Å². The molecule has 0 amide bonds. The van der Waals surface area contributed by atoms with Gasteiger partial charge in [0.2, 0.25) is 5.78 Å². The van der Waals surface area contributed by atoms with Crippen LogP contribution in [-0.2, 0) is 6.42 Å². The number of carbonyl (C=O) groups excluding carboxylic acids is 2. The van der Waals surface area contributed by atoms with E-state index in [1.54, 1.807) is 0 Å². The van der Waals surface area contributed by atoms with Crippen molar-refractivity contribution in [3.05, 3.63) is 63.7 Å². The number of phenols is 2. The number of aromatic hydroxyl groups is 2. The van der Waals surface area contributed by atoms with E-state index in [2.05, 4.69) is 0 Å². The Bertz CT molecular complexity index is 1270. The first kappa shape index (κ1) is 23.5. The van der Waals surface area contributed by atoms with E-state index in [4.69, 9.17) is 4.74 Å². The van der Waals surface area contributed by atoms with E-state index < -0.39 is 46.4 Å². The quantitative estimate of drug-likeness (QED) is 0.274. The lowest BCUT2D eigenvalue weighted by Crippen LogP contribution is -2.53. The van der Waals surface area contributed by atoms with E-state index in [0.717, 1.165) is 6.42 Å². The predicted molar refractivity (Wildman–Crippen MR) is 124 cm³/mol. The van der Waals surface area contributed by atoms with Crippen molar-refractivity contribution in [1.82, 2.24) is 4.90 Å². The van der Waals surface area contributed by atoms with Gasteiger partial charge >= 0.3 is 0 Å². The van der Waals surface area contributed by atoms with E-state index in [-0.39, 0.29) is 53.0 Å². The fourth-order valence-electron chi connectivity index (χ4n) is 5.50. The lowest BCUT2D eigenvalue weighted by Gasteiger charge is -2.42.